The molecule has 112 valence electrons. The SMILES string of the molecule is Cc1ccc2c(CSc3nccc(=O)[nH]3)cc(=O)oc2c1C. The first-order valence-electron chi connectivity index (χ1n) is 6.75. The Balaban J connectivity index is 2.02. The molecule has 2 heterocycles. The first-order chi connectivity index (χ1) is 10.5. The quantitative estimate of drug-likeness (QED) is 0.457. The van der Waals surface area contributed by atoms with Gasteiger partial charge >= 0.3 is 5.63 Å². The zero-order valence-corrected chi connectivity index (χ0v) is 13.0. The summed E-state index contributed by atoms with van der Waals surface area (Å²) in [7, 11) is 0. The lowest BCUT2D eigenvalue weighted by Gasteiger charge is -2.08. The monoisotopic (exact) mass is 314 g/mol. The van der Waals surface area contributed by atoms with Crippen LogP contribution in [0.3, 0.4) is 0 Å². The molecule has 22 heavy (non-hydrogen) atoms. The molecule has 6 heteroatoms. The van der Waals surface area contributed by atoms with E-state index in [1.807, 2.05) is 26.0 Å². The molecule has 0 aliphatic heterocycles. The molecule has 0 saturated heterocycles. The molecular formula is C16H14N2O3S. The van der Waals surface area contributed by atoms with Crippen molar-refractivity contribution in [3.05, 3.63) is 67.9 Å². The molecule has 0 unspecified atom stereocenters. The lowest BCUT2D eigenvalue weighted by Crippen LogP contribution is -2.06. The highest BCUT2D eigenvalue weighted by Crippen LogP contribution is 2.27. The Morgan fingerprint density at radius 1 is 1.23 bits per heavy atom. The van der Waals surface area contributed by atoms with Crippen LogP contribution in [0.15, 0.2) is 49.6 Å². The summed E-state index contributed by atoms with van der Waals surface area (Å²) in [6.07, 6.45) is 1.46. The van der Waals surface area contributed by atoms with Gasteiger partial charge < -0.3 is 9.40 Å². The highest BCUT2D eigenvalue weighted by Gasteiger charge is 2.10. The summed E-state index contributed by atoms with van der Waals surface area (Å²) in [5.74, 6) is 0.525. The molecule has 0 atom stereocenters. The van der Waals surface area contributed by atoms with Gasteiger partial charge in [0.05, 0.1) is 0 Å². The zero-order chi connectivity index (χ0) is 15.7. The van der Waals surface area contributed by atoms with Crippen LogP contribution in [0.2, 0.25) is 0 Å². The van der Waals surface area contributed by atoms with Crippen LogP contribution in [0.4, 0.5) is 0 Å². The minimum atomic E-state index is -0.369. The molecule has 2 aromatic heterocycles. The number of hydrogen-bond acceptors (Lipinski definition) is 5. The number of hydrogen-bond donors (Lipinski definition) is 1. The van der Waals surface area contributed by atoms with Gasteiger partial charge in [-0.2, -0.15) is 0 Å². The van der Waals surface area contributed by atoms with Crippen molar-refractivity contribution in [1.82, 2.24) is 9.97 Å². The average molecular weight is 314 g/mol. The van der Waals surface area contributed by atoms with Crippen molar-refractivity contribution in [2.45, 2.75) is 24.8 Å². The van der Waals surface area contributed by atoms with Gasteiger partial charge in [0.15, 0.2) is 5.16 Å². The van der Waals surface area contributed by atoms with E-state index in [1.54, 1.807) is 0 Å². The molecule has 0 bridgehead atoms. The second kappa shape index (κ2) is 5.81. The minimum absolute atomic E-state index is 0.193. The van der Waals surface area contributed by atoms with Crippen LogP contribution >= 0.6 is 11.8 Å². The molecule has 0 aliphatic rings. The zero-order valence-electron chi connectivity index (χ0n) is 12.2. The third-order valence-electron chi connectivity index (χ3n) is 3.53. The molecule has 3 aromatic rings. The fourth-order valence-corrected chi connectivity index (χ4v) is 3.05. The van der Waals surface area contributed by atoms with Gasteiger partial charge in [-0.05, 0) is 30.5 Å². The molecule has 0 spiro atoms. The molecule has 1 aromatic carbocycles. The van der Waals surface area contributed by atoms with E-state index >= 15 is 0 Å². The van der Waals surface area contributed by atoms with Crippen LogP contribution in [-0.4, -0.2) is 9.97 Å². The fourth-order valence-electron chi connectivity index (χ4n) is 2.22. The van der Waals surface area contributed by atoms with Crippen molar-refractivity contribution < 1.29 is 4.42 Å². The van der Waals surface area contributed by atoms with Crippen molar-refractivity contribution in [3.63, 3.8) is 0 Å². The topological polar surface area (TPSA) is 76.0 Å². The third-order valence-corrected chi connectivity index (χ3v) is 4.47. The van der Waals surface area contributed by atoms with Crippen molar-refractivity contribution in [3.8, 4) is 0 Å². The van der Waals surface area contributed by atoms with Crippen LogP contribution in [0.25, 0.3) is 11.0 Å². The second-order valence-electron chi connectivity index (χ2n) is 5.00. The summed E-state index contributed by atoms with van der Waals surface area (Å²) in [5.41, 5.74) is 2.97. The van der Waals surface area contributed by atoms with Crippen molar-refractivity contribution in [2.75, 3.05) is 0 Å². The van der Waals surface area contributed by atoms with Gasteiger partial charge in [0.1, 0.15) is 5.58 Å². The molecular weight excluding hydrogens is 300 g/mol. The molecule has 1 N–H and O–H groups in total. The number of fused-ring (bicyclic) bond motifs is 1. The molecule has 0 radical (unpaired) electrons. The Hall–Kier alpha value is -2.34. The van der Waals surface area contributed by atoms with E-state index in [4.69, 9.17) is 4.42 Å². The highest BCUT2D eigenvalue weighted by atomic mass is 32.2. The van der Waals surface area contributed by atoms with Crippen molar-refractivity contribution >= 4 is 22.7 Å². The first kappa shape index (κ1) is 14.6. The number of thioether (sulfide) groups is 1. The van der Waals surface area contributed by atoms with Crippen LogP contribution in [0.1, 0.15) is 16.7 Å². The number of rotatable bonds is 3. The molecule has 0 saturated carbocycles. The molecule has 0 amide bonds. The predicted octanol–water partition coefficient (Wildman–Crippen LogP) is 2.79. The van der Waals surface area contributed by atoms with Crippen LogP contribution in [0, 0.1) is 13.8 Å². The second-order valence-corrected chi connectivity index (χ2v) is 5.97. The number of H-pyrrole nitrogens is 1. The number of aromatic amines is 1. The Morgan fingerprint density at radius 3 is 2.82 bits per heavy atom. The normalized spacial score (nSPS) is 11.0. The molecule has 5 nitrogen and oxygen atoms in total. The Morgan fingerprint density at radius 2 is 2.05 bits per heavy atom. The van der Waals surface area contributed by atoms with Gasteiger partial charge in [-0.1, -0.05) is 23.9 Å². The van der Waals surface area contributed by atoms with Gasteiger partial charge in [-0.3, -0.25) is 4.79 Å². The van der Waals surface area contributed by atoms with E-state index in [2.05, 4.69) is 9.97 Å². The van der Waals surface area contributed by atoms with Gasteiger partial charge in [-0.25, -0.2) is 9.78 Å². The summed E-state index contributed by atoms with van der Waals surface area (Å²) in [6.45, 7) is 3.92. The Kier molecular flexibility index (Phi) is 3.85. The summed E-state index contributed by atoms with van der Waals surface area (Å²) in [4.78, 5) is 29.8. The van der Waals surface area contributed by atoms with Crippen molar-refractivity contribution in [1.29, 1.82) is 0 Å². The van der Waals surface area contributed by atoms with Crippen LogP contribution in [0.5, 0.6) is 0 Å². The molecule has 0 aliphatic carbocycles. The third kappa shape index (κ3) is 2.82. The Bertz CT molecular complexity index is 959. The summed E-state index contributed by atoms with van der Waals surface area (Å²) < 4.78 is 5.35. The number of benzene rings is 1. The number of nitrogens with zero attached hydrogens (tertiary/aromatic N) is 1. The maximum absolute atomic E-state index is 11.8. The number of aromatic nitrogens is 2. The van der Waals surface area contributed by atoms with Gasteiger partial charge in [-0.15, -0.1) is 0 Å². The van der Waals surface area contributed by atoms with Crippen molar-refractivity contribution in [2.24, 2.45) is 0 Å². The van der Waals surface area contributed by atoms with E-state index < -0.39 is 0 Å². The largest absolute Gasteiger partial charge is 0.422 e. The van der Waals surface area contributed by atoms with Crippen LogP contribution in [-0.2, 0) is 5.75 Å². The van der Waals surface area contributed by atoms with E-state index in [9.17, 15) is 9.59 Å². The maximum Gasteiger partial charge on any atom is 0.336 e. The maximum atomic E-state index is 11.8. The molecule has 0 fully saturated rings. The van der Waals surface area contributed by atoms with Crippen LogP contribution < -0.4 is 11.2 Å². The van der Waals surface area contributed by atoms with Gasteiger partial charge in [0.2, 0.25) is 0 Å². The number of nitrogens with one attached hydrogen (secondary N) is 1. The molecule has 3 rings (SSSR count). The lowest BCUT2D eigenvalue weighted by atomic mass is 10.0. The Labute approximate surface area is 130 Å². The highest BCUT2D eigenvalue weighted by molar-refractivity contribution is 7.98. The predicted molar refractivity (Wildman–Crippen MR) is 86.4 cm³/mol. The number of aryl methyl sites for hydroxylation is 2. The van der Waals surface area contributed by atoms with E-state index in [1.165, 1.54) is 30.1 Å². The van der Waals surface area contributed by atoms with E-state index in [0.29, 0.717) is 16.5 Å². The minimum Gasteiger partial charge on any atom is -0.422 e. The van der Waals surface area contributed by atoms with E-state index in [0.717, 1.165) is 22.1 Å². The van der Waals surface area contributed by atoms with Gasteiger partial charge in [0, 0.05) is 29.5 Å². The average Bonchev–Trinajstić information content (AvgIpc) is 2.49. The fraction of sp³-hybridized carbons (Fsp3) is 0.188. The standard InChI is InChI=1S/C16H14N2O3S/c1-9-3-4-12-11(7-14(20)21-15(12)10(9)2)8-22-16-17-6-5-13(19)18-16/h3-7H,8H2,1-2H3,(H,17,18,19). The summed E-state index contributed by atoms with van der Waals surface area (Å²) in [5, 5.41) is 1.44. The lowest BCUT2D eigenvalue weighted by molar-refractivity contribution is 0.557. The summed E-state index contributed by atoms with van der Waals surface area (Å²) in [6, 6.07) is 6.82. The summed E-state index contributed by atoms with van der Waals surface area (Å²) >= 11 is 1.37. The first-order valence-corrected chi connectivity index (χ1v) is 7.74. The van der Waals surface area contributed by atoms with E-state index in [-0.39, 0.29) is 11.2 Å². The van der Waals surface area contributed by atoms with Gasteiger partial charge in [0.25, 0.3) is 5.56 Å². The smallest absolute Gasteiger partial charge is 0.336 e.